The SMILES string of the molecule is CN(C)CCCn1cc(C2=C(c3c[nH]c4ccc(N(C)C)cc34)C(=O)NC2=O)c2cc(N(C)C)ccc21. The Labute approximate surface area is 217 Å². The largest absolute Gasteiger partial charge is 0.378 e. The van der Waals surface area contributed by atoms with Crippen molar-refractivity contribution in [2.45, 2.75) is 13.0 Å². The minimum atomic E-state index is -0.367. The van der Waals surface area contributed by atoms with E-state index >= 15 is 0 Å². The number of hydrogen-bond donors (Lipinski definition) is 2. The second-order valence-corrected chi connectivity index (χ2v) is 10.3. The van der Waals surface area contributed by atoms with Crippen LogP contribution in [0.1, 0.15) is 17.5 Å². The first-order chi connectivity index (χ1) is 17.7. The average molecular weight is 499 g/mol. The highest BCUT2D eigenvalue weighted by molar-refractivity contribution is 6.50. The van der Waals surface area contributed by atoms with Crippen LogP contribution in [-0.4, -0.2) is 75.1 Å². The highest BCUT2D eigenvalue weighted by Gasteiger charge is 2.35. The highest BCUT2D eigenvalue weighted by Crippen LogP contribution is 2.39. The third-order valence-corrected chi connectivity index (χ3v) is 7.04. The van der Waals surface area contributed by atoms with E-state index in [0.717, 1.165) is 63.8 Å². The summed E-state index contributed by atoms with van der Waals surface area (Å²) in [5.74, 6) is -0.728. The summed E-state index contributed by atoms with van der Waals surface area (Å²) < 4.78 is 2.20. The molecule has 1 aliphatic rings. The molecule has 0 radical (unpaired) electrons. The summed E-state index contributed by atoms with van der Waals surface area (Å²) in [6, 6.07) is 12.4. The lowest BCUT2D eigenvalue weighted by atomic mass is 9.95. The highest BCUT2D eigenvalue weighted by atomic mass is 16.2. The number of H-pyrrole nitrogens is 1. The number of imide groups is 1. The number of hydrogen-bond acceptors (Lipinski definition) is 5. The maximum atomic E-state index is 13.3. The number of carbonyl (C=O) groups excluding carboxylic acids is 2. The maximum absolute atomic E-state index is 13.3. The molecule has 0 spiro atoms. The van der Waals surface area contributed by atoms with Crippen molar-refractivity contribution in [2.75, 3.05) is 58.6 Å². The van der Waals surface area contributed by atoms with Gasteiger partial charge in [0.1, 0.15) is 0 Å². The van der Waals surface area contributed by atoms with E-state index in [-0.39, 0.29) is 11.8 Å². The summed E-state index contributed by atoms with van der Waals surface area (Å²) in [5, 5.41) is 4.44. The van der Waals surface area contributed by atoms with Crippen LogP contribution in [0.5, 0.6) is 0 Å². The lowest BCUT2D eigenvalue weighted by molar-refractivity contribution is -0.122. The van der Waals surface area contributed by atoms with Crippen LogP contribution < -0.4 is 15.1 Å². The molecule has 2 amide bonds. The topological polar surface area (TPSA) is 76.6 Å². The zero-order chi connectivity index (χ0) is 26.4. The zero-order valence-electron chi connectivity index (χ0n) is 22.3. The first kappa shape index (κ1) is 24.6. The van der Waals surface area contributed by atoms with Crippen LogP contribution in [0.15, 0.2) is 48.8 Å². The Morgan fingerprint density at radius 2 is 1.41 bits per heavy atom. The van der Waals surface area contributed by atoms with Gasteiger partial charge in [0.15, 0.2) is 0 Å². The van der Waals surface area contributed by atoms with Crippen molar-refractivity contribution in [3.63, 3.8) is 0 Å². The first-order valence-electron chi connectivity index (χ1n) is 12.5. The second kappa shape index (κ2) is 9.44. The molecule has 5 rings (SSSR count). The first-order valence-corrected chi connectivity index (χ1v) is 12.5. The van der Waals surface area contributed by atoms with Gasteiger partial charge in [0.25, 0.3) is 11.8 Å². The fraction of sp³-hybridized carbons (Fsp3) is 0.310. The minimum absolute atomic E-state index is 0.360. The lowest BCUT2D eigenvalue weighted by Gasteiger charge is -2.14. The van der Waals surface area contributed by atoms with Crippen molar-refractivity contribution in [1.29, 1.82) is 0 Å². The van der Waals surface area contributed by atoms with Gasteiger partial charge in [-0.05, 0) is 63.5 Å². The predicted octanol–water partition coefficient (Wildman–Crippen LogP) is 3.77. The number of aryl methyl sites for hydroxylation is 1. The third-order valence-electron chi connectivity index (χ3n) is 7.04. The number of carbonyl (C=O) groups is 2. The molecule has 0 unspecified atom stereocenters. The molecule has 192 valence electrons. The number of anilines is 2. The van der Waals surface area contributed by atoms with Gasteiger partial charge >= 0.3 is 0 Å². The number of benzene rings is 2. The number of amides is 2. The van der Waals surface area contributed by atoms with E-state index in [9.17, 15) is 9.59 Å². The molecule has 1 aliphatic heterocycles. The molecule has 0 bridgehead atoms. The van der Waals surface area contributed by atoms with Crippen molar-refractivity contribution in [3.8, 4) is 0 Å². The fourth-order valence-corrected chi connectivity index (χ4v) is 5.07. The van der Waals surface area contributed by atoms with E-state index in [1.54, 1.807) is 0 Å². The van der Waals surface area contributed by atoms with E-state index in [0.29, 0.717) is 11.1 Å². The summed E-state index contributed by atoms with van der Waals surface area (Å²) in [6.45, 7) is 1.77. The Bertz CT molecular complexity index is 1550. The van der Waals surface area contributed by atoms with Gasteiger partial charge in [0, 0.05) is 91.4 Å². The van der Waals surface area contributed by atoms with Crippen LogP contribution in [0.2, 0.25) is 0 Å². The Balaban J connectivity index is 1.74. The van der Waals surface area contributed by atoms with E-state index in [2.05, 4.69) is 58.1 Å². The van der Waals surface area contributed by atoms with Crippen LogP contribution in [0.25, 0.3) is 33.0 Å². The van der Waals surface area contributed by atoms with Gasteiger partial charge < -0.3 is 24.3 Å². The number of aromatic amines is 1. The molecule has 0 fully saturated rings. The molecule has 3 heterocycles. The molecular weight excluding hydrogens is 464 g/mol. The molecule has 0 atom stereocenters. The van der Waals surface area contributed by atoms with E-state index in [4.69, 9.17) is 0 Å². The molecule has 2 aromatic heterocycles. The fourth-order valence-electron chi connectivity index (χ4n) is 5.07. The summed E-state index contributed by atoms with van der Waals surface area (Å²) in [7, 11) is 12.1. The number of aromatic nitrogens is 2. The molecular formula is C29H34N6O2. The van der Waals surface area contributed by atoms with E-state index in [1.165, 1.54) is 0 Å². The van der Waals surface area contributed by atoms with Gasteiger partial charge in [-0.3, -0.25) is 14.9 Å². The van der Waals surface area contributed by atoms with Crippen LogP contribution in [0.4, 0.5) is 11.4 Å². The van der Waals surface area contributed by atoms with E-state index < -0.39 is 0 Å². The molecule has 2 aromatic carbocycles. The van der Waals surface area contributed by atoms with Crippen LogP contribution in [0, 0.1) is 0 Å². The summed E-state index contributed by atoms with van der Waals surface area (Å²) in [4.78, 5) is 36.1. The summed E-state index contributed by atoms with van der Waals surface area (Å²) >= 11 is 0. The van der Waals surface area contributed by atoms with E-state index in [1.807, 2.05) is 62.5 Å². The van der Waals surface area contributed by atoms with Gasteiger partial charge in [0.05, 0.1) is 11.1 Å². The molecule has 0 aliphatic carbocycles. The molecule has 8 heteroatoms. The minimum Gasteiger partial charge on any atom is -0.378 e. The van der Waals surface area contributed by atoms with Crippen molar-refractivity contribution < 1.29 is 9.59 Å². The van der Waals surface area contributed by atoms with Gasteiger partial charge in [-0.15, -0.1) is 0 Å². The molecule has 8 nitrogen and oxygen atoms in total. The van der Waals surface area contributed by atoms with Crippen molar-refractivity contribution in [1.82, 2.24) is 19.8 Å². The monoisotopic (exact) mass is 498 g/mol. The van der Waals surface area contributed by atoms with Gasteiger partial charge in [-0.2, -0.15) is 0 Å². The number of nitrogens with zero attached hydrogens (tertiary/aromatic N) is 4. The lowest BCUT2D eigenvalue weighted by Crippen LogP contribution is -2.22. The standard InChI is InChI=1S/C29H34N6O2/c1-32(2)12-7-13-35-17-23(21-15-19(34(5)6)9-11-25(21)35)27-26(28(36)31-29(27)37)22-16-30-24-10-8-18(33(3)4)14-20(22)24/h8-11,14-17,30H,7,12-13H2,1-6H3,(H,31,36,37). The zero-order valence-corrected chi connectivity index (χ0v) is 22.3. The molecule has 4 aromatic rings. The normalized spacial score (nSPS) is 13.9. The third kappa shape index (κ3) is 4.38. The Morgan fingerprint density at radius 1 is 0.784 bits per heavy atom. The average Bonchev–Trinajstić information content (AvgIpc) is 3.50. The smallest absolute Gasteiger partial charge is 0.259 e. The maximum Gasteiger partial charge on any atom is 0.259 e. The van der Waals surface area contributed by atoms with Crippen LogP contribution >= 0.6 is 0 Å². The number of nitrogens with one attached hydrogen (secondary N) is 2. The van der Waals surface area contributed by atoms with Crippen molar-refractivity contribution in [3.05, 3.63) is 59.9 Å². The number of fused-ring (bicyclic) bond motifs is 2. The molecule has 0 saturated heterocycles. The van der Waals surface area contributed by atoms with Gasteiger partial charge in [-0.25, -0.2) is 0 Å². The predicted molar refractivity (Wildman–Crippen MR) is 152 cm³/mol. The molecule has 0 saturated carbocycles. The Kier molecular flexibility index (Phi) is 6.29. The second-order valence-electron chi connectivity index (χ2n) is 10.3. The van der Waals surface area contributed by atoms with Crippen LogP contribution in [0.3, 0.4) is 0 Å². The summed E-state index contributed by atoms with van der Waals surface area (Å²) in [5.41, 5.74) is 6.37. The number of rotatable bonds is 8. The Morgan fingerprint density at radius 3 is 2.05 bits per heavy atom. The van der Waals surface area contributed by atoms with Crippen molar-refractivity contribution >= 4 is 56.1 Å². The quantitative estimate of drug-likeness (QED) is 0.362. The van der Waals surface area contributed by atoms with Crippen molar-refractivity contribution in [2.24, 2.45) is 0 Å². The molecule has 2 N–H and O–H groups in total. The van der Waals surface area contributed by atoms with Crippen LogP contribution in [-0.2, 0) is 16.1 Å². The Hall–Kier alpha value is -4.04. The molecule has 37 heavy (non-hydrogen) atoms. The van der Waals surface area contributed by atoms with Gasteiger partial charge in [0.2, 0.25) is 0 Å². The van der Waals surface area contributed by atoms with Gasteiger partial charge in [-0.1, -0.05) is 0 Å². The summed E-state index contributed by atoms with van der Waals surface area (Å²) in [6.07, 6.45) is 4.84.